The van der Waals surface area contributed by atoms with Crippen LogP contribution in [0.1, 0.15) is 30.0 Å². The van der Waals surface area contributed by atoms with Gasteiger partial charge in [0.1, 0.15) is 12.3 Å². The normalized spacial score (nSPS) is 19.3. The Morgan fingerprint density at radius 1 is 1.16 bits per heavy atom. The van der Waals surface area contributed by atoms with Gasteiger partial charge in [-0.05, 0) is 39.0 Å². The molecule has 4 rings (SSSR count). The van der Waals surface area contributed by atoms with Crippen LogP contribution in [0.4, 0.5) is 5.82 Å². The van der Waals surface area contributed by atoms with Crippen LogP contribution in [0.25, 0.3) is 17.4 Å². The second-order valence-corrected chi connectivity index (χ2v) is 8.16. The molecule has 0 radical (unpaired) electrons. The van der Waals surface area contributed by atoms with Gasteiger partial charge >= 0.3 is 0 Å². The molecule has 2 N–H and O–H groups in total. The number of aromatic nitrogens is 4. The Labute approximate surface area is 181 Å². The molecule has 1 unspecified atom stereocenters. The van der Waals surface area contributed by atoms with E-state index in [2.05, 4.69) is 5.10 Å². The van der Waals surface area contributed by atoms with Crippen molar-refractivity contribution in [2.45, 2.75) is 33.6 Å². The molecule has 0 aromatic carbocycles. The third kappa shape index (κ3) is 4.52. The predicted octanol–water partition coefficient (Wildman–Crippen LogP) is 2.45. The van der Waals surface area contributed by atoms with Crippen LogP contribution in [0.5, 0.6) is 0 Å². The molecule has 1 amide bonds. The van der Waals surface area contributed by atoms with Crippen LogP contribution in [0.3, 0.4) is 0 Å². The maximum atomic E-state index is 11.6. The highest BCUT2D eigenvalue weighted by molar-refractivity contribution is 5.74. The van der Waals surface area contributed by atoms with Crippen LogP contribution in [-0.2, 0) is 9.53 Å². The van der Waals surface area contributed by atoms with Gasteiger partial charge in [0.15, 0.2) is 11.6 Å². The largest absolute Gasteiger partial charge is 0.458 e. The number of quaternary nitrogens is 1. The van der Waals surface area contributed by atoms with E-state index in [0.29, 0.717) is 48.2 Å². The molecule has 1 atom stereocenters. The highest BCUT2D eigenvalue weighted by atomic mass is 16.5. The Morgan fingerprint density at radius 2 is 2.00 bits per heavy atom. The molecule has 1 saturated heterocycles. The van der Waals surface area contributed by atoms with E-state index >= 15 is 0 Å². The third-order valence-corrected chi connectivity index (χ3v) is 5.70. The molecular formula is C22H29N6O3+. The van der Waals surface area contributed by atoms with E-state index < -0.39 is 0 Å². The van der Waals surface area contributed by atoms with Crippen molar-refractivity contribution in [1.82, 2.24) is 24.2 Å². The highest BCUT2D eigenvalue weighted by Gasteiger charge is 2.35. The fourth-order valence-electron chi connectivity index (χ4n) is 4.11. The quantitative estimate of drug-likeness (QED) is 0.608. The molecule has 1 fully saturated rings. The van der Waals surface area contributed by atoms with Gasteiger partial charge in [0, 0.05) is 12.1 Å². The summed E-state index contributed by atoms with van der Waals surface area (Å²) >= 11 is 0. The van der Waals surface area contributed by atoms with Crippen molar-refractivity contribution in [3.63, 3.8) is 0 Å². The monoisotopic (exact) mass is 425 g/mol. The molecule has 1 aliphatic heterocycles. The van der Waals surface area contributed by atoms with Crippen molar-refractivity contribution in [1.29, 1.82) is 0 Å². The lowest BCUT2D eigenvalue weighted by molar-refractivity contribution is -0.118. The van der Waals surface area contributed by atoms with Crippen LogP contribution in [0.15, 0.2) is 28.7 Å². The summed E-state index contributed by atoms with van der Waals surface area (Å²) in [6, 6.07) is 7.74. The summed E-state index contributed by atoms with van der Waals surface area (Å²) in [5.74, 6) is 3.04. The molecule has 31 heavy (non-hydrogen) atoms. The van der Waals surface area contributed by atoms with Crippen molar-refractivity contribution in [2.24, 2.45) is 5.73 Å². The number of furan rings is 1. The molecule has 0 saturated carbocycles. The number of carbonyl (C=O) groups excluding carboxylic acids is 1. The van der Waals surface area contributed by atoms with E-state index in [1.165, 1.54) is 0 Å². The summed E-state index contributed by atoms with van der Waals surface area (Å²) in [6.07, 6.45) is 1.14. The van der Waals surface area contributed by atoms with Crippen molar-refractivity contribution in [3.05, 3.63) is 41.4 Å². The number of hydrogen-bond acceptors (Lipinski definition) is 6. The zero-order chi connectivity index (χ0) is 22.0. The maximum Gasteiger partial charge on any atom is 0.233 e. The zero-order valence-electron chi connectivity index (χ0n) is 18.3. The highest BCUT2D eigenvalue weighted by Crippen LogP contribution is 2.29. The third-order valence-electron chi connectivity index (χ3n) is 5.70. The minimum atomic E-state index is -0.322. The Morgan fingerprint density at radius 3 is 2.68 bits per heavy atom. The van der Waals surface area contributed by atoms with Gasteiger partial charge in [-0.15, -0.1) is 0 Å². The van der Waals surface area contributed by atoms with Gasteiger partial charge in [0.25, 0.3) is 0 Å². The minimum Gasteiger partial charge on any atom is -0.458 e. The molecular weight excluding hydrogens is 396 g/mol. The molecule has 3 aromatic rings. The van der Waals surface area contributed by atoms with Crippen molar-refractivity contribution >= 4 is 11.7 Å². The molecule has 4 heterocycles. The number of primary amides is 1. The van der Waals surface area contributed by atoms with E-state index in [9.17, 15) is 4.79 Å². The van der Waals surface area contributed by atoms with Crippen molar-refractivity contribution < 1.29 is 13.9 Å². The number of ether oxygens (including phenoxy) is 1. The van der Waals surface area contributed by atoms with Crippen LogP contribution < -0.4 is 10.2 Å². The standard InChI is InChI=1S/C22H28N6O3/c1-15-13-16(2)27(26-15)20-14-21(25-22(24-20)18-6-5-17(3)31-18)28(9-7-19(23)29)8-4-11-30-12-10-28/h5-6,13-14H,4,7-12H2,1-3H3,(H-,23,29)/p+1. The van der Waals surface area contributed by atoms with Gasteiger partial charge in [-0.1, -0.05) is 0 Å². The first-order chi connectivity index (χ1) is 14.9. The van der Waals surface area contributed by atoms with Gasteiger partial charge < -0.3 is 14.9 Å². The van der Waals surface area contributed by atoms with Crippen LogP contribution in [0.2, 0.25) is 0 Å². The molecule has 9 nitrogen and oxygen atoms in total. The second-order valence-electron chi connectivity index (χ2n) is 8.16. The Hall–Kier alpha value is -3.04. The summed E-state index contributed by atoms with van der Waals surface area (Å²) < 4.78 is 13.9. The van der Waals surface area contributed by atoms with Crippen LogP contribution in [-0.4, -0.2) is 58.5 Å². The summed E-state index contributed by atoms with van der Waals surface area (Å²) in [4.78, 5) is 21.3. The fourth-order valence-corrected chi connectivity index (χ4v) is 4.11. The number of amides is 1. The fraction of sp³-hybridized carbons (Fsp3) is 0.455. The Kier molecular flexibility index (Phi) is 5.88. The molecule has 3 aromatic heterocycles. The smallest absolute Gasteiger partial charge is 0.233 e. The first-order valence-corrected chi connectivity index (χ1v) is 10.6. The van der Waals surface area contributed by atoms with E-state index in [1.807, 2.05) is 49.7 Å². The molecule has 0 spiro atoms. The first kappa shape index (κ1) is 21.2. The van der Waals surface area contributed by atoms with Gasteiger partial charge in [-0.2, -0.15) is 10.1 Å². The maximum absolute atomic E-state index is 11.6. The lowest BCUT2D eigenvalue weighted by atomic mass is 10.2. The van der Waals surface area contributed by atoms with Crippen molar-refractivity contribution in [2.75, 3.05) is 32.8 Å². The number of nitrogens with two attached hydrogens (primary N) is 1. The van der Waals surface area contributed by atoms with E-state index in [-0.39, 0.29) is 12.3 Å². The minimum absolute atomic E-state index is 0.272. The molecule has 9 heteroatoms. The van der Waals surface area contributed by atoms with E-state index in [0.717, 1.165) is 35.9 Å². The average molecular weight is 426 g/mol. The van der Waals surface area contributed by atoms with Gasteiger partial charge in [0.05, 0.1) is 44.5 Å². The Balaban J connectivity index is 1.88. The topological polar surface area (TPSA) is 109 Å². The summed E-state index contributed by atoms with van der Waals surface area (Å²) in [5.41, 5.74) is 7.40. The number of hydrogen-bond donors (Lipinski definition) is 1. The SMILES string of the molecule is Cc1cc(C)n(-c2cc([N+]3(CCC(N)=O)CCCOCC3)nc(-c3ccc(C)o3)n2)n1. The summed E-state index contributed by atoms with van der Waals surface area (Å²) in [6.45, 7) is 9.19. The number of rotatable bonds is 6. The lowest BCUT2D eigenvalue weighted by Gasteiger charge is -2.35. The molecule has 1 aliphatic rings. The lowest BCUT2D eigenvalue weighted by Crippen LogP contribution is -2.53. The summed E-state index contributed by atoms with van der Waals surface area (Å²) in [7, 11) is 0. The predicted molar refractivity (Wildman–Crippen MR) is 117 cm³/mol. The van der Waals surface area contributed by atoms with E-state index in [4.69, 9.17) is 24.9 Å². The van der Waals surface area contributed by atoms with Crippen LogP contribution >= 0.6 is 0 Å². The zero-order valence-corrected chi connectivity index (χ0v) is 18.3. The van der Waals surface area contributed by atoms with Crippen LogP contribution in [0, 0.1) is 20.8 Å². The molecule has 164 valence electrons. The van der Waals surface area contributed by atoms with Gasteiger partial charge in [-0.25, -0.2) is 9.67 Å². The average Bonchev–Trinajstić information content (AvgIpc) is 3.22. The molecule has 0 aliphatic carbocycles. The van der Waals surface area contributed by atoms with E-state index in [1.54, 1.807) is 0 Å². The molecule has 0 bridgehead atoms. The van der Waals surface area contributed by atoms with Crippen molar-refractivity contribution in [3.8, 4) is 17.4 Å². The Bertz CT molecular complexity index is 1080. The number of carbonyl (C=O) groups is 1. The van der Waals surface area contributed by atoms with Gasteiger partial charge in [0.2, 0.25) is 17.5 Å². The second kappa shape index (κ2) is 8.60. The number of nitrogens with zero attached hydrogens (tertiary/aromatic N) is 5. The summed E-state index contributed by atoms with van der Waals surface area (Å²) in [5, 5.41) is 4.61. The number of aryl methyl sites for hydroxylation is 3. The first-order valence-electron chi connectivity index (χ1n) is 10.6. The van der Waals surface area contributed by atoms with Gasteiger partial charge in [-0.3, -0.25) is 9.28 Å².